The molecule has 0 saturated carbocycles. The van der Waals surface area contributed by atoms with Crippen LogP contribution in [0.3, 0.4) is 0 Å². The van der Waals surface area contributed by atoms with Crippen LogP contribution in [0.5, 0.6) is 0 Å². The highest BCUT2D eigenvalue weighted by Crippen LogP contribution is 2.39. The van der Waals surface area contributed by atoms with Crippen molar-refractivity contribution < 1.29 is 23.5 Å². The van der Waals surface area contributed by atoms with E-state index in [1.807, 2.05) is 13.8 Å². The van der Waals surface area contributed by atoms with Crippen molar-refractivity contribution in [2.24, 2.45) is 0 Å². The van der Waals surface area contributed by atoms with Gasteiger partial charge in [-0.3, -0.25) is 4.57 Å². The minimum Gasteiger partial charge on any atom is -0.426 e. The molecule has 1 aliphatic carbocycles. The average molecular weight is 325 g/mol. The highest BCUT2D eigenvalue weighted by Gasteiger charge is 2.37. The Morgan fingerprint density at radius 2 is 2.18 bits per heavy atom. The first kappa shape index (κ1) is 16.7. The predicted octanol–water partition coefficient (Wildman–Crippen LogP) is 1.07. The van der Waals surface area contributed by atoms with Crippen molar-refractivity contribution in [3.8, 4) is 6.07 Å². The fourth-order valence-corrected chi connectivity index (χ4v) is 3.53. The summed E-state index contributed by atoms with van der Waals surface area (Å²) in [6.45, 7) is 4.17. The summed E-state index contributed by atoms with van der Waals surface area (Å²) in [5.74, 6) is 0.125. The SMILES string of the molecule is CCOC1(CC)C=Cc2c(oc(=O)c(C#N)c2P(=O)(O)O)C1. The van der Waals surface area contributed by atoms with E-state index in [1.54, 1.807) is 6.08 Å². The van der Waals surface area contributed by atoms with Crippen molar-refractivity contribution in [1.29, 1.82) is 5.26 Å². The van der Waals surface area contributed by atoms with Gasteiger partial charge < -0.3 is 18.9 Å². The third-order valence-electron chi connectivity index (χ3n) is 3.66. The zero-order valence-electron chi connectivity index (χ0n) is 12.2. The first-order valence-corrected chi connectivity index (χ1v) is 8.38. The lowest BCUT2D eigenvalue weighted by Gasteiger charge is -2.32. The van der Waals surface area contributed by atoms with Crippen molar-refractivity contribution in [2.45, 2.75) is 32.3 Å². The van der Waals surface area contributed by atoms with Crippen LogP contribution in [0.15, 0.2) is 15.3 Å². The summed E-state index contributed by atoms with van der Waals surface area (Å²) in [7, 11) is -4.80. The van der Waals surface area contributed by atoms with Crippen LogP contribution in [0.2, 0.25) is 0 Å². The molecule has 2 N–H and O–H groups in total. The summed E-state index contributed by atoms with van der Waals surface area (Å²) in [5, 5.41) is 8.42. The molecule has 0 amide bonds. The largest absolute Gasteiger partial charge is 0.426 e. The molecule has 0 aromatic carbocycles. The van der Waals surface area contributed by atoms with E-state index in [0.29, 0.717) is 13.0 Å². The highest BCUT2D eigenvalue weighted by molar-refractivity contribution is 7.60. The molecule has 1 aliphatic rings. The maximum atomic E-state index is 11.8. The first-order valence-electron chi connectivity index (χ1n) is 6.77. The lowest BCUT2D eigenvalue weighted by atomic mass is 9.87. The molecule has 0 aliphatic heterocycles. The van der Waals surface area contributed by atoms with Gasteiger partial charge in [0, 0.05) is 18.6 Å². The number of hydrogen-bond acceptors (Lipinski definition) is 5. The average Bonchev–Trinajstić information content (AvgIpc) is 2.44. The third kappa shape index (κ3) is 2.79. The summed E-state index contributed by atoms with van der Waals surface area (Å²) >= 11 is 0. The second-order valence-electron chi connectivity index (χ2n) is 4.97. The summed E-state index contributed by atoms with van der Waals surface area (Å²) in [6, 6.07) is 1.52. The molecule has 2 rings (SSSR count). The van der Waals surface area contributed by atoms with Crippen molar-refractivity contribution >= 4 is 19.0 Å². The number of hydrogen-bond donors (Lipinski definition) is 2. The molecule has 118 valence electrons. The highest BCUT2D eigenvalue weighted by atomic mass is 31.2. The predicted molar refractivity (Wildman–Crippen MR) is 78.8 cm³/mol. The van der Waals surface area contributed by atoms with Gasteiger partial charge in [-0.15, -0.1) is 0 Å². The Morgan fingerprint density at radius 1 is 1.50 bits per heavy atom. The zero-order valence-corrected chi connectivity index (χ0v) is 13.1. The Labute approximate surface area is 127 Å². The quantitative estimate of drug-likeness (QED) is 0.794. The molecule has 1 atom stereocenters. The van der Waals surface area contributed by atoms with E-state index in [2.05, 4.69) is 0 Å². The normalized spacial score (nSPS) is 20.5. The Balaban J connectivity index is 2.73. The van der Waals surface area contributed by atoms with E-state index < -0.39 is 29.7 Å². The lowest BCUT2D eigenvalue weighted by Crippen LogP contribution is -2.37. The summed E-state index contributed by atoms with van der Waals surface area (Å²) in [4.78, 5) is 30.8. The smallest absolute Gasteiger partial charge is 0.358 e. The van der Waals surface area contributed by atoms with Crippen LogP contribution in [-0.2, 0) is 15.7 Å². The van der Waals surface area contributed by atoms with E-state index in [-0.39, 0.29) is 17.7 Å². The van der Waals surface area contributed by atoms with Gasteiger partial charge in [0.2, 0.25) is 0 Å². The Morgan fingerprint density at radius 3 is 2.68 bits per heavy atom. The van der Waals surface area contributed by atoms with Gasteiger partial charge in [0.25, 0.3) is 0 Å². The van der Waals surface area contributed by atoms with E-state index in [0.717, 1.165) is 0 Å². The van der Waals surface area contributed by atoms with Gasteiger partial charge in [0.05, 0.1) is 10.9 Å². The maximum absolute atomic E-state index is 11.8. The monoisotopic (exact) mass is 325 g/mol. The first-order chi connectivity index (χ1) is 10.3. The standard InChI is InChI=1S/C14H16NO6P/c1-3-14(20-4-2)6-5-9-11(7-14)21-13(16)10(8-15)12(9)22(17,18)19/h5-6H,3-4,7H2,1-2H3,(H2,17,18,19). The Bertz CT molecular complexity index is 769. The number of ether oxygens (including phenoxy) is 1. The Hall–Kier alpha value is -1.71. The zero-order chi connectivity index (χ0) is 16.5. The summed E-state index contributed by atoms with van der Waals surface area (Å²) in [5.41, 5.74) is -2.29. The van der Waals surface area contributed by atoms with Gasteiger partial charge in [0.1, 0.15) is 11.8 Å². The fraction of sp³-hybridized carbons (Fsp3) is 0.429. The van der Waals surface area contributed by atoms with Crippen molar-refractivity contribution in [3.63, 3.8) is 0 Å². The van der Waals surface area contributed by atoms with Crippen LogP contribution >= 0.6 is 7.60 Å². The molecule has 1 heterocycles. The summed E-state index contributed by atoms with van der Waals surface area (Å²) in [6.07, 6.45) is 3.93. The van der Waals surface area contributed by atoms with Crippen LogP contribution in [0.25, 0.3) is 6.08 Å². The topological polar surface area (TPSA) is 121 Å². The van der Waals surface area contributed by atoms with Gasteiger partial charge in [-0.2, -0.15) is 5.26 Å². The minimum absolute atomic E-state index is 0.0910. The van der Waals surface area contributed by atoms with Gasteiger partial charge in [-0.05, 0) is 13.3 Å². The molecule has 8 heteroatoms. The van der Waals surface area contributed by atoms with E-state index in [9.17, 15) is 19.1 Å². The molecule has 0 bridgehead atoms. The molecule has 0 fully saturated rings. The molecular weight excluding hydrogens is 309 g/mol. The van der Waals surface area contributed by atoms with E-state index in [4.69, 9.17) is 14.4 Å². The molecule has 0 radical (unpaired) electrons. The van der Waals surface area contributed by atoms with Gasteiger partial charge in [0.15, 0.2) is 5.56 Å². The van der Waals surface area contributed by atoms with Gasteiger partial charge >= 0.3 is 13.2 Å². The number of rotatable bonds is 4. The van der Waals surface area contributed by atoms with Crippen LogP contribution in [-0.4, -0.2) is 22.0 Å². The van der Waals surface area contributed by atoms with Crippen molar-refractivity contribution in [1.82, 2.24) is 0 Å². The molecule has 0 saturated heterocycles. The summed E-state index contributed by atoms with van der Waals surface area (Å²) < 4.78 is 22.5. The fourth-order valence-electron chi connectivity index (χ4n) is 2.58. The molecule has 1 aromatic heterocycles. The second-order valence-corrected chi connectivity index (χ2v) is 6.50. The third-order valence-corrected chi connectivity index (χ3v) is 4.71. The van der Waals surface area contributed by atoms with E-state index >= 15 is 0 Å². The molecule has 7 nitrogen and oxygen atoms in total. The van der Waals surface area contributed by atoms with E-state index in [1.165, 1.54) is 12.1 Å². The van der Waals surface area contributed by atoms with Gasteiger partial charge in [-0.1, -0.05) is 19.1 Å². The Kier molecular flexibility index (Phi) is 4.41. The maximum Gasteiger partial charge on any atom is 0.358 e. The van der Waals surface area contributed by atoms with Crippen LogP contribution in [0.1, 0.15) is 37.2 Å². The van der Waals surface area contributed by atoms with Gasteiger partial charge in [-0.25, -0.2) is 4.79 Å². The van der Waals surface area contributed by atoms with Crippen molar-refractivity contribution in [2.75, 3.05) is 6.61 Å². The second kappa shape index (κ2) is 5.82. The van der Waals surface area contributed by atoms with Crippen LogP contribution in [0, 0.1) is 11.3 Å². The molecule has 1 unspecified atom stereocenters. The number of nitrogens with zero attached hydrogens (tertiary/aromatic N) is 1. The van der Waals surface area contributed by atoms with Crippen LogP contribution in [0.4, 0.5) is 0 Å². The molecule has 22 heavy (non-hydrogen) atoms. The van der Waals surface area contributed by atoms with Crippen LogP contribution < -0.4 is 10.9 Å². The molecule has 0 spiro atoms. The van der Waals surface area contributed by atoms with Crippen molar-refractivity contribution in [3.05, 3.63) is 33.4 Å². The lowest BCUT2D eigenvalue weighted by molar-refractivity contribution is -0.00767. The number of fused-ring (bicyclic) bond motifs is 1. The minimum atomic E-state index is -4.80. The molecular formula is C14H16NO6P. The number of nitriles is 1. The molecule has 1 aromatic rings.